The minimum atomic E-state index is -0.254. The van der Waals surface area contributed by atoms with Gasteiger partial charge in [-0.3, -0.25) is 0 Å². The van der Waals surface area contributed by atoms with Crippen molar-refractivity contribution in [2.45, 2.75) is 38.3 Å². The van der Waals surface area contributed by atoms with E-state index in [1.54, 1.807) is 6.07 Å². The Labute approximate surface area is 112 Å². The Kier molecular flexibility index (Phi) is 3.11. The van der Waals surface area contributed by atoms with Gasteiger partial charge in [0.15, 0.2) is 0 Å². The predicted octanol–water partition coefficient (Wildman–Crippen LogP) is 2.48. The zero-order valence-electron chi connectivity index (χ0n) is 10.9. The van der Waals surface area contributed by atoms with E-state index in [1.807, 2.05) is 22.9 Å². The third-order valence-electron chi connectivity index (χ3n) is 4.22. The van der Waals surface area contributed by atoms with Gasteiger partial charge in [-0.2, -0.15) is 0 Å². The number of aliphatic hydroxyl groups excluding tert-OH is 1. The first-order chi connectivity index (χ1) is 9.16. The number of nitrogens with zero attached hydrogens (tertiary/aromatic N) is 1. The Balaban J connectivity index is 1.93. The molecule has 0 aliphatic heterocycles. The molecule has 102 valence electrons. The number of aliphatic hydroxyl groups is 1. The van der Waals surface area contributed by atoms with Crippen LogP contribution in [-0.2, 0) is 6.54 Å². The average molecular weight is 260 g/mol. The second kappa shape index (κ2) is 4.78. The molecule has 1 aromatic heterocycles. The van der Waals surface area contributed by atoms with Gasteiger partial charge in [0.1, 0.15) is 0 Å². The Morgan fingerprint density at radius 2 is 2.05 bits per heavy atom. The minimum absolute atomic E-state index is 0.214. The smallest absolute Gasteiger partial charge is 0.201 e. The molecule has 4 nitrogen and oxygen atoms in total. The van der Waals surface area contributed by atoms with Crippen LogP contribution < -0.4 is 5.73 Å². The van der Waals surface area contributed by atoms with E-state index < -0.39 is 0 Å². The topological polar surface area (TPSA) is 71.4 Å². The zero-order valence-corrected chi connectivity index (χ0v) is 10.9. The molecule has 4 N–H and O–H groups in total. The van der Waals surface area contributed by atoms with E-state index in [1.165, 1.54) is 0 Å². The van der Waals surface area contributed by atoms with Crippen LogP contribution in [0.3, 0.4) is 0 Å². The first kappa shape index (κ1) is 12.4. The highest BCUT2D eigenvalue weighted by atomic mass is 16.3. The second-order valence-electron chi connectivity index (χ2n) is 5.53. The Hall–Kier alpha value is -1.68. The van der Waals surface area contributed by atoms with E-state index >= 15 is 0 Å². The lowest BCUT2D eigenvalue weighted by Gasteiger charge is -2.28. The fourth-order valence-corrected chi connectivity index (χ4v) is 3.12. The van der Waals surface area contributed by atoms with Gasteiger partial charge >= 0.3 is 0 Å². The summed E-state index contributed by atoms with van der Waals surface area (Å²) in [5.74, 6) is 0.438. The van der Waals surface area contributed by atoms with Gasteiger partial charge < -0.3 is 20.5 Å². The Morgan fingerprint density at radius 3 is 2.79 bits per heavy atom. The second-order valence-corrected chi connectivity index (χ2v) is 5.53. The Bertz CT molecular complexity index is 591. The van der Waals surface area contributed by atoms with Crippen molar-refractivity contribution >= 4 is 16.5 Å². The molecule has 2 atom stereocenters. The van der Waals surface area contributed by atoms with Crippen LogP contribution in [0.5, 0.6) is 5.88 Å². The summed E-state index contributed by atoms with van der Waals surface area (Å²) in [4.78, 5) is 0. The number of aromatic nitrogens is 1. The van der Waals surface area contributed by atoms with Gasteiger partial charge in [-0.05, 0) is 18.9 Å². The molecular formula is C15H20N2O2. The molecule has 1 fully saturated rings. The maximum Gasteiger partial charge on any atom is 0.201 e. The van der Waals surface area contributed by atoms with Crippen molar-refractivity contribution < 1.29 is 10.2 Å². The number of aromatic hydroxyl groups is 1. The number of anilines is 1. The summed E-state index contributed by atoms with van der Waals surface area (Å²) in [7, 11) is 0. The molecule has 0 spiro atoms. The fraction of sp³-hybridized carbons (Fsp3) is 0.467. The summed E-state index contributed by atoms with van der Waals surface area (Å²) in [5, 5.41) is 22.0. The van der Waals surface area contributed by atoms with Crippen molar-refractivity contribution in [1.29, 1.82) is 0 Å². The summed E-state index contributed by atoms with van der Waals surface area (Å²) in [5.41, 5.74) is 6.50. The van der Waals surface area contributed by atoms with E-state index in [0.717, 1.165) is 31.1 Å². The molecule has 4 heteroatoms. The van der Waals surface area contributed by atoms with Crippen LogP contribution in [0.25, 0.3) is 10.8 Å². The highest BCUT2D eigenvalue weighted by molar-refractivity contribution is 5.97. The van der Waals surface area contributed by atoms with Crippen LogP contribution >= 0.6 is 0 Å². The molecule has 3 rings (SSSR count). The summed E-state index contributed by atoms with van der Waals surface area (Å²) in [6.07, 6.45) is 5.81. The van der Waals surface area contributed by atoms with Gasteiger partial charge in [-0.1, -0.05) is 25.0 Å². The normalized spacial score (nSPS) is 23.8. The van der Waals surface area contributed by atoms with Crippen molar-refractivity contribution in [3.63, 3.8) is 0 Å². The molecular weight excluding hydrogens is 240 g/mol. The minimum Gasteiger partial charge on any atom is -0.494 e. The van der Waals surface area contributed by atoms with Crippen molar-refractivity contribution in [2.24, 2.45) is 5.92 Å². The quantitative estimate of drug-likeness (QED) is 0.726. The highest BCUT2D eigenvalue weighted by Crippen LogP contribution is 2.34. The molecule has 0 bridgehead atoms. The third-order valence-corrected chi connectivity index (χ3v) is 4.22. The van der Waals surface area contributed by atoms with Crippen LogP contribution in [0, 0.1) is 5.92 Å². The summed E-state index contributed by atoms with van der Waals surface area (Å²) in [6.45, 7) is 0.654. The van der Waals surface area contributed by atoms with Gasteiger partial charge in [0, 0.05) is 29.7 Å². The number of nitrogens with two attached hydrogens (primary N) is 1. The van der Waals surface area contributed by atoms with Gasteiger partial charge in [0.2, 0.25) is 5.88 Å². The first-order valence-electron chi connectivity index (χ1n) is 6.91. The number of nitrogen functional groups attached to an aromatic ring is 1. The van der Waals surface area contributed by atoms with Gasteiger partial charge in [-0.15, -0.1) is 0 Å². The molecule has 0 unspecified atom stereocenters. The molecule has 1 heterocycles. The zero-order chi connectivity index (χ0) is 13.4. The number of benzene rings is 1. The molecule has 19 heavy (non-hydrogen) atoms. The monoisotopic (exact) mass is 260 g/mol. The van der Waals surface area contributed by atoms with Crippen LogP contribution in [0.1, 0.15) is 25.7 Å². The molecule has 1 saturated carbocycles. The van der Waals surface area contributed by atoms with E-state index in [9.17, 15) is 10.2 Å². The van der Waals surface area contributed by atoms with E-state index in [4.69, 9.17) is 5.73 Å². The van der Waals surface area contributed by atoms with E-state index in [2.05, 4.69) is 0 Å². The molecule has 1 aromatic carbocycles. The lowest BCUT2D eigenvalue weighted by Crippen LogP contribution is -2.27. The van der Waals surface area contributed by atoms with Gasteiger partial charge in [-0.25, -0.2) is 0 Å². The third kappa shape index (κ3) is 2.16. The van der Waals surface area contributed by atoms with E-state index in [-0.39, 0.29) is 17.9 Å². The molecule has 0 amide bonds. The SMILES string of the molecule is Nc1cccc2cn(C[C@H]3CCCC[C@@H]3O)c(O)c12. The maximum atomic E-state index is 10.3. The number of hydrogen-bond acceptors (Lipinski definition) is 3. The standard InChI is InChI=1S/C15H20N2O2/c16-12-6-3-5-11-9-17(15(19)14(11)12)8-10-4-1-2-7-13(10)18/h3,5-6,9-10,13,18-19H,1-2,4,7-8,16H2/t10-,13+/m1/s1. The molecule has 1 aliphatic carbocycles. The lowest BCUT2D eigenvalue weighted by atomic mass is 9.86. The maximum absolute atomic E-state index is 10.3. The number of fused-ring (bicyclic) bond motifs is 1. The molecule has 2 aromatic rings. The van der Waals surface area contributed by atoms with Crippen molar-refractivity contribution in [1.82, 2.24) is 4.57 Å². The average Bonchev–Trinajstić information content (AvgIpc) is 2.71. The Morgan fingerprint density at radius 1 is 1.26 bits per heavy atom. The summed E-state index contributed by atoms with van der Waals surface area (Å²) < 4.78 is 1.82. The predicted molar refractivity (Wildman–Crippen MR) is 76.0 cm³/mol. The van der Waals surface area contributed by atoms with E-state index in [0.29, 0.717) is 17.6 Å². The molecule has 0 radical (unpaired) electrons. The molecule has 1 aliphatic rings. The number of rotatable bonds is 2. The fourth-order valence-electron chi connectivity index (χ4n) is 3.12. The first-order valence-corrected chi connectivity index (χ1v) is 6.91. The van der Waals surface area contributed by atoms with Crippen molar-refractivity contribution in [2.75, 3.05) is 5.73 Å². The van der Waals surface area contributed by atoms with Crippen LogP contribution in [0.2, 0.25) is 0 Å². The van der Waals surface area contributed by atoms with Crippen molar-refractivity contribution in [3.05, 3.63) is 24.4 Å². The van der Waals surface area contributed by atoms with Crippen LogP contribution in [-0.4, -0.2) is 20.9 Å². The molecule has 0 saturated heterocycles. The summed E-state index contributed by atoms with van der Waals surface area (Å²) in [6, 6.07) is 5.62. The van der Waals surface area contributed by atoms with Crippen LogP contribution in [0.4, 0.5) is 5.69 Å². The lowest BCUT2D eigenvalue weighted by molar-refractivity contribution is 0.0597. The van der Waals surface area contributed by atoms with Gasteiger partial charge in [0.05, 0.1) is 11.5 Å². The van der Waals surface area contributed by atoms with Gasteiger partial charge in [0.25, 0.3) is 0 Å². The number of hydrogen-bond donors (Lipinski definition) is 3. The summed E-state index contributed by atoms with van der Waals surface area (Å²) >= 11 is 0. The largest absolute Gasteiger partial charge is 0.494 e. The van der Waals surface area contributed by atoms with Crippen LogP contribution in [0.15, 0.2) is 24.4 Å². The van der Waals surface area contributed by atoms with Crippen molar-refractivity contribution in [3.8, 4) is 5.88 Å². The highest BCUT2D eigenvalue weighted by Gasteiger charge is 2.24.